The number of carbonyl (C=O) groups excluding carboxylic acids is 1. The molecule has 1 unspecified atom stereocenters. The highest BCUT2D eigenvalue weighted by Gasteiger charge is 2.21. The van der Waals surface area contributed by atoms with E-state index in [4.69, 9.17) is 0 Å². The van der Waals surface area contributed by atoms with E-state index < -0.39 is 6.10 Å². The molecule has 124 valence electrons. The normalized spacial score (nSPS) is 12.3. The van der Waals surface area contributed by atoms with Gasteiger partial charge in [0.2, 0.25) is 17.8 Å². The Bertz CT molecular complexity index is 644. The highest BCUT2D eigenvalue weighted by molar-refractivity contribution is 7.09. The minimum Gasteiger partial charge on any atom is -0.388 e. The Labute approximate surface area is 142 Å². The second kappa shape index (κ2) is 8.37. The zero-order valence-corrected chi connectivity index (χ0v) is 15.0. The molecule has 0 amide bonds. The fourth-order valence-electron chi connectivity index (χ4n) is 2.67. The number of benzene rings is 1. The first kappa shape index (κ1) is 17.8. The summed E-state index contributed by atoms with van der Waals surface area (Å²) in [6, 6.07) is 7.99. The van der Waals surface area contributed by atoms with E-state index in [0.29, 0.717) is 6.54 Å². The molecule has 1 N–H and O–H groups in total. The first-order chi connectivity index (χ1) is 11.0. The molecule has 0 bridgehead atoms. The minimum atomic E-state index is -0.487. The van der Waals surface area contributed by atoms with Crippen LogP contribution in [0.2, 0.25) is 0 Å². The van der Waals surface area contributed by atoms with Gasteiger partial charge in [-0.1, -0.05) is 55.4 Å². The van der Waals surface area contributed by atoms with Gasteiger partial charge in [0.15, 0.2) is 5.69 Å². The van der Waals surface area contributed by atoms with Gasteiger partial charge in [0.05, 0.1) is 6.10 Å². The number of thiazole rings is 1. The van der Waals surface area contributed by atoms with Gasteiger partial charge in [-0.2, -0.15) is 4.57 Å². The highest BCUT2D eigenvalue weighted by Crippen LogP contribution is 2.19. The van der Waals surface area contributed by atoms with Crippen LogP contribution in [0.15, 0.2) is 29.8 Å². The Hall–Kier alpha value is -1.52. The number of aliphatic hydroxyl groups excluding tert-OH is 1. The third kappa shape index (κ3) is 4.72. The van der Waals surface area contributed by atoms with E-state index in [1.54, 1.807) is 6.92 Å². The fraction of sp³-hybridized carbons (Fsp3) is 0.474. The molecule has 0 spiro atoms. The number of hydrogen-bond acceptors (Lipinski definition) is 3. The smallest absolute Gasteiger partial charge is 0.227 e. The SMILES string of the molecule is CCCCCc1ccc(C(=O)C[n+]2csc(C(C)O)c2C)cc1. The molecule has 4 heteroatoms. The number of aliphatic hydroxyl groups is 1. The standard InChI is InChI=1S/C19H26NO2S/c1-4-5-6-7-16-8-10-17(11-9-16)18(22)12-20-13-23-19(14(20)2)15(3)21/h8-11,13,15,21H,4-7,12H2,1-3H3/q+1. The molecule has 1 atom stereocenters. The Balaban J connectivity index is 2.00. The molecule has 0 fully saturated rings. The zero-order valence-electron chi connectivity index (χ0n) is 14.2. The maximum absolute atomic E-state index is 12.4. The van der Waals surface area contributed by atoms with Crippen molar-refractivity contribution in [1.82, 2.24) is 0 Å². The zero-order chi connectivity index (χ0) is 16.8. The van der Waals surface area contributed by atoms with Crippen LogP contribution in [0.1, 0.15) is 65.7 Å². The molecule has 2 aromatic rings. The van der Waals surface area contributed by atoms with Crippen LogP contribution in [0.5, 0.6) is 0 Å². The van der Waals surface area contributed by atoms with Gasteiger partial charge in [0.25, 0.3) is 0 Å². The molecule has 1 heterocycles. The van der Waals surface area contributed by atoms with Crippen molar-refractivity contribution in [3.05, 3.63) is 51.5 Å². The molecule has 3 nitrogen and oxygen atoms in total. The van der Waals surface area contributed by atoms with Gasteiger partial charge in [-0.25, -0.2) is 0 Å². The van der Waals surface area contributed by atoms with Crippen LogP contribution in [0.25, 0.3) is 0 Å². The van der Waals surface area contributed by atoms with E-state index >= 15 is 0 Å². The van der Waals surface area contributed by atoms with E-state index in [2.05, 4.69) is 19.1 Å². The fourth-order valence-corrected chi connectivity index (χ4v) is 3.62. The summed E-state index contributed by atoms with van der Waals surface area (Å²) in [7, 11) is 0. The maximum Gasteiger partial charge on any atom is 0.227 e. The van der Waals surface area contributed by atoms with Crippen molar-refractivity contribution in [3.63, 3.8) is 0 Å². The maximum atomic E-state index is 12.4. The molecule has 0 aliphatic rings. The summed E-state index contributed by atoms with van der Waals surface area (Å²) in [5, 5.41) is 9.70. The molecule has 0 saturated heterocycles. The quantitative estimate of drug-likeness (QED) is 0.451. The number of carbonyl (C=O) groups is 1. The van der Waals surface area contributed by atoms with Gasteiger partial charge in [-0.3, -0.25) is 4.79 Å². The van der Waals surface area contributed by atoms with Crippen LogP contribution in [0.4, 0.5) is 0 Å². The minimum absolute atomic E-state index is 0.105. The van der Waals surface area contributed by atoms with Gasteiger partial charge >= 0.3 is 0 Å². The number of Topliss-reactive ketones (excluding diaryl/α,β-unsaturated/α-hetero) is 1. The van der Waals surface area contributed by atoms with Crippen molar-refractivity contribution < 1.29 is 14.5 Å². The number of aromatic nitrogens is 1. The lowest BCUT2D eigenvalue weighted by atomic mass is 10.0. The lowest BCUT2D eigenvalue weighted by molar-refractivity contribution is -0.684. The van der Waals surface area contributed by atoms with Crippen LogP contribution < -0.4 is 4.57 Å². The van der Waals surface area contributed by atoms with E-state index in [9.17, 15) is 9.90 Å². The van der Waals surface area contributed by atoms with Crippen molar-refractivity contribution >= 4 is 17.1 Å². The number of hydrogen-bond donors (Lipinski definition) is 1. The van der Waals surface area contributed by atoms with Crippen LogP contribution in [0.3, 0.4) is 0 Å². The van der Waals surface area contributed by atoms with Crippen molar-refractivity contribution in [2.75, 3.05) is 0 Å². The Morgan fingerprint density at radius 1 is 1.26 bits per heavy atom. The van der Waals surface area contributed by atoms with Crippen LogP contribution in [0, 0.1) is 6.92 Å². The summed E-state index contributed by atoms with van der Waals surface area (Å²) in [5.74, 6) is 0.105. The molecule has 0 radical (unpaired) electrons. The molecule has 0 aliphatic carbocycles. The lowest BCUT2D eigenvalue weighted by Crippen LogP contribution is -2.38. The number of rotatable bonds is 8. The lowest BCUT2D eigenvalue weighted by Gasteiger charge is -2.03. The summed E-state index contributed by atoms with van der Waals surface area (Å²) in [6.45, 7) is 6.23. The molecule has 1 aromatic heterocycles. The summed E-state index contributed by atoms with van der Waals surface area (Å²) in [4.78, 5) is 13.4. The third-order valence-electron chi connectivity index (χ3n) is 4.13. The van der Waals surface area contributed by atoms with Crippen LogP contribution in [-0.4, -0.2) is 10.9 Å². The number of aryl methyl sites for hydroxylation is 1. The van der Waals surface area contributed by atoms with Crippen molar-refractivity contribution in [2.45, 2.75) is 59.1 Å². The molecular weight excluding hydrogens is 306 g/mol. The summed E-state index contributed by atoms with van der Waals surface area (Å²) in [5.41, 5.74) is 4.93. The van der Waals surface area contributed by atoms with Gasteiger partial charge in [0.1, 0.15) is 4.88 Å². The Kier molecular flexibility index (Phi) is 6.48. The molecule has 23 heavy (non-hydrogen) atoms. The van der Waals surface area contributed by atoms with E-state index in [1.807, 2.05) is 29.1 Å². The highest BCUT2D eigenvalue weighted by atomic mass is 32.1. The van der Waals surface area contributed by atoms with Gasteiger partial charge in [-0.05, 0) is 25.3 Å². The first-order valence-electron chi connectivity index (χ1n) is 8.30. The predicted octanol–water partition coefficient (Wildman–Crippen LogP) is 4.01. The molecule has 1 aromatic carbocycles. The number of ketones is 1. The van der Waals surface area contributed by atoms with Gasteiger partial charge in [0, 0.05) is 12.5 Å². The molecule has 0 saturated carbocycles. The molecule has 2 rings (SSSR count). The van der Waals surface area contributed by atoms with Gasteiger partial charge < -0.3 is 5.11 Å². The van der Waals surface area contributed by atoms with E-state index in [-0.39, 0.29) is 5.78 Å². The molecule has 0 aliphatic heterocycles. The summed E-state index contributed by atoms with van der Waals surface area (Å²) >= 11 is 1.50. The number of nitrogens with zero attached hydrogens (tertiary/aromatic N) is 1. The van der Waals surface area contributed by atoms with Crippen molar-refractivity contribution in [3.8, 4) is 0 Å². The predicted molar refractivity (Wildman–Crippen MR) is 93.9 cm³/mol. The van der Waals surface area contributed by atoms with Crippen molar-refractivity contribution in [2.24, 2.45) is 0 Å². The van der Waals surface area contributed by atoms with Crippen LogP contribution in [-0.2, 0) is 13.0 Å². The van der Waals surface area contributed by atoms with Crippen molar-refractivity contribution in [1.29, 1.82) is 0 Å². The average molecular weight is 332 g/mol. The Morgan fingerprint density at radius 2 is 1.96 bits per heavy atom. The monoisotopic (exact) mass is 332 g/mol. The Morgan fingerprint density at radius 3 is 2.52 bits per heavy atom. The average Bonchev–Trinajstić information content (AvgIpc) is 2.89. The summed E-state index contributed by atoms with van der Waals surface area (Å²) in [6.07, 6.45) is 4.27. The number of unbranched alkanes of at least 4 members (excludes halogenated alkanes) is 2. The second-order valence-electron chi connectivity index (χ2n) is 6.05. The van der Waals surface area contributed by atoms with Gasteiger partial charge in [-0.15, -0.1) is 0 Å². The largest absolute Gasteiger partial charge is 0.388 e. The molecular formula is C19H26NO2S+. The summed E-state index contributed by atoms with van der Waals surface area (Å²) < 4.78 is 1.92. The third-order valence-corrected chi connectivity index (χ3v) is 5.38. The van der Waals surface area contributed by atoms with E-state index in [1.165, 1.54) is 36.2 Å². The topological polar surface area (TPSA) is 41.2 Å². The van der Waals surface area contributed by atoms with Crippen LogP contribution >= 0.6 is 11.3 Å². The van der Waals surface area contributed by atoms with E-state index in [0.717, 1.165) is 22.6 Å². The second-order valence-corrected chi connectivity index (χ2v) is 6.94. The first-order valence-corrected chi connectivity index (χ1v) is 9.18.